The number of nitrogens with zero attached hydrogens (tertiary/aromatic N) is 3. The maximum atomic E-state index is 6.37. The maximum Gasteiger partial charge on any atom is 0.204 e. The van der Waals surface area contributed by atoms with Gasteiger partial charge in [-0.25, -0.2) is 9.97 Å². The zero-order valence-corrected chi connectivity index (χ0v) is 15.0. The molecule has 1 aliphatic rings. The normalized spacial score (nSPS) is 16.0. The van der Waals surface area contributed by atoms with E-state index in [1.807, 2.05) is 0 Å². The highest BCUT2D eigenvalue weighted by molar-refractivity contribution is 7.13. The first-order valence-corrected chi connectivity index (χ1v) is 9.53. The second-order valence-electron chi connectivity index (χ2n) is 6.58. The highest BCUT2D eigenvalue weighted by atomic mass is 35.5. The third-order valence-electron chi connectivity index (χ3n) is 4.72. The van der Waals surface area contributed by atoms with Crippen LogP contribution in [0.5, 0.6) is 0 Å². The van der Waals surface area contributed by atoms with Crippen molar-refractivity contribution >= 4 is 34.0 Å². The van der Waals surface area contributed by atoms with Crippen molar-refractivity contribution in [2.75, 3.05) is 0 Å². The number of hydrogen-bond acceptors (Lipinski definition) is 3. The fourth-order valence-electron chi connectivity index (χ4n) is 3.57. The molecular weight excluding hydrogens is 326 g/mol. The van der Waals surface area contributed by atoms with E-state index in [1.165, 1.54) is 31.4 Å². The number of aromatic nitrogens is 3. The van der Waals surface area contributed by atoms with Crippen molar-refractivity contribution in [3.05, 3.63) is 34.6 Å². The molecule has 2 aromatic heterocycles. The van der Waals surface area contributed by atoms with E-state index >= 15 is 0 Å². The third-order valence-corrected chi connectivity index (χ3v) is 5.88. The van der Waals surface area contributed by atoms with Gasteiger partial charge in [-0.2, -0.15) is 0 Å². The van der Waals surface area contributed by atoms with Gasteiger partial charge in [0.1, 0.15) is 10.5 Å². The van der Waals surface area contributed by atoms with Gasteiger partial charge in [0.2, 0.25) is 5.28 Å². The lowest BCUT2D eigenvalue weighted by molar-refractivity contribution is 0.618. The molecule has 2 heterocycles. The van der Waals surface area contributed by atoms with Crippen molar-refractivity contribution in [2.45, 2.75) is 51.5 Å². The Kier molecular flexibility index (Phi) is 3.90. The Balaban J connectivity index is 1.81. The Hall–Kier alpha value is -1.39. The molecule has 4 rings (SSSR count). The predicted molar refractivity (Wildman–Crippen MR) is 97.4 cm³/mol. The van der Waals surface area contributed by atoms with Crippen molar-refractivity contribution in [2.24, 2.45) is 0 Å². The standard InChI is InChI=1S/C18H20ClN3S/c1-11(2)22-15-9-5-8-13(16(15)21-18(22)19)17-20-14(10-23-17)12-6-3-4-7-12/h5,8-12H,3-4,6-7H2,1-2H3. The highest BCUT2D eigenvalue weighted by Gasteiger charge is 2.21. The van der Waals surface area contributed by atoms with Gasteiger partial charge in [0.15, 0.2) is 0 Å². The number of hydrogen-bond donors (Lipinski definition) is 0. The molecule has 0 amide bonds. The SMILES string of the molecule is CC(C)n1c(Cl)nc2c(-c3nc(C4CCCC4)cs3)cccc21. The molecule has 0 atom stereocenters. The number of rotatable bonds is 3. The van der Waals surface area contributed by atoms with Crippen LogP contribution in [0.4, 0.5) is 0 Å². The summed E-state index contributed by atoms with van der Waals surface area (Å²) in [5.74, 6) is 0.649. The largest absolute Gasteiger partial charge is 0.312 e. The zero-order valence-electron chi connectivity index (χ0n) is 13.4. The quantitative estimate of drug-likeness (QED) is 0.578. The average molecular weight is 346 g/mol. The van der Waals surface area contributed by atoms with Crippen LogP contribution in [0.2, 0.25) is 5.28 Å². The molecule has 0 aliphatic heterocycles. The minimum atomic E-state index is 0.285. The first-order chi connectivity index (χ1) is 11.1. The van der Waals surface area contributed by atoms with Crippen LogP contribution in [0, 0.1) is 0 Å². The van der Waals surface area contributed by atoms with Crippen LogP contribution >= 0.6 is 22.9 Å². The fourth-order valence-corrected chi connectivity index (χ4v) is 4.87. The second kappa shape index (κ2) is 5.91. The van der Waals surface area contributed by atoms with Crippen LogP contribution in [0.3, 0.4) is 0 Å². The van der Waals surface area contributed by atoms with Crippen LogP contribution in [-0.2, 0) is 0 Å². The Morgan fingerprint density at radius 2 is 2.00 bits per heavy atom. The van der Waals surface area contributed by atoms with Gasteiger partial charge in [-0.3, -0.25) is 0 Å². The molecular formula is C18H20ClN3S. The second-order valence-corrected chi connectivity index (χ2v) is 7.77. The summed E-state index contributed by atoms with van der Waals surface area (Å²) in [6, 6.07) is 6.55. The van der Waals surface area contributed by atoms with E-state index in [0.717, 1.165) is 21.6 Å². The van der Waals surface area contributed by atoms with Crippen molar-refractivity contribution in [1.29, 1.82) is 0 Å². The summed E-state index contributed by atoms with van der Waals surface area (Å²) in [4.78, 5) is 9.54. The summed E-state index contributed by atoms with van der Waals surface area (Å²) in [6.45, 7) is 4.25. The van der Waals surface area contributed by atoms with Crippen molar-refractivity contribution in [3.63, 3.8) is 0 Å². The topological polar surface area (TPSA) is 30.7 Å². The highest BCUT2D eigenvalue weighted by Crippen LogP contribution is 2.38. The molecule has 0 bridgehead atoms. The van der Waals surface area contributed by atoms with Gasteiger partial charge in [-0.05, 0) is 50.4 Å². The summed E-state index contributed by atoms with van der Waals surface area (Å²) in [7, 11) is 0. The molecule has 0 unspecified atom stereocenters. The zero-order chi connectivity index (χ0) is 16.0. The third kappa shape index (κ3) is 2.58. The molecule has 3 nitrogen and oxygen atoms in total. The number of halogens is 1. The van der Waals surface area contributed by atoms with Gasteiger partial charge in [-0.1, -0.05) is 18.9 Å². The molecule has 0 saturated heterocycles. The minimum absolute atomic E-state index is 0.285. The van der Waals surface area contributed by atoms with Gasteiger partial charge in [0.05, 0.1) is 11.2 Å². The summed E-state index contributed by atoms with van der Waals surface area (Å²) in [6.07, 6.45) is 5.23. The molecule has 3 aromatic rings. The maximum absolute atomic E-state index is 6.37. The minimum Gasteiger partial charge on any atom is -0.312 e. The lowest BCUT2D eigenvalue weighted by atomic mass is 10.1. The number of fused-ring (bicyclic) bond motifs is 1. The predicted octanol–water partition coefficient (Wildman–Crippen LogP) is 6.05. The molecule has 1 saturated carbocycles. The molecule has 1 fully saturated rings. The molecule has 0 radical (unpaired) electrons. The van der Waals surface area contributed by atoms with E-state index in [1.54, 1.807) is 11.3 Å². The number of benzene rings is 1. The van der Waals surface area contributed by atoms with Crippen molar-refractivity contribution in [1.82, 2.24) is 14.5 Å². The van der Waals surface area contributed by atoms with Crippen LogP contribution < -0.4 is 0 Å². The van der Waals surface area contributed by atoms with E-state index in [9.17, 15) is 0 Å². The molecule has 23 heavy (non-hydrogen) atoms. The molecule has 0 N–H and O–H groups in total. The van der Waals surface area contributed by atoms with E-state index in [0.29, 0.717) is 11.2 Å². The van der Waals surface area contributed by atoms with Gasteiger partial charge in [-0.15, -0.1) is 11.3 Å². The van der Waals surface area contributed by atoms with E-state index < -0.39 is 0 Å². The van der Waals surface area contributed by atoms with Gasteiger partial charge in [0, 0.05) is 22.9 Å². The van der Waals surface area contributed by atoms with Gasteiger partial charge in [0.25, 0.3) is 0 Å². The molecule has 1 aliphatic carbocycles. The molecule has 5 heteroatoms. The summed E-state index contributed by atoms with van der Waals surface area (Å²) in [5.41, 5.74) is 4.39. The van der Waals surface area contributed by atoms with E-state index in [2.05, 4.69) is 47.0 Å². The summed E-state index contributed by atoms with van der Waals surface area (Å²) in [5, 5.41) is 3.84. The Labute approximate surface area is 145 Å². The van der Waals surface area contributed by atoms with Crippen LogP contribution in [-0.4, -0.2) is 14.5 Å². The van der Waals surface area contributed by atoms with Crippen LogP contribution in [0.25, 0.3) is 21.6 Å². The number of imidazole rings is 1. The Bertz CT molecular complexity index is 843. The van der Waals surface area contributed by atoms with E-state index in [4.69, 9.17) is 16.6 Å². The summed E-state index contributed by atoms with van der Waals surface area (Å²) < 4.78 is 2.08. The first kappa shape index (κ1) is 15.2. The lowest BCUT2D eigenvalue weighted by Crippen LogP contribution is -2.00. The summed E-state index contributed by atoms with van der Waals surface area (Å²) >= 11 is 8.09. The van der Waals surface area contributed by atoms with Gasteiger partial charge < -0.3 is 4.57 Å². The smallest absolute Gasteiger partial charge is 0.204 e. The average Bonchev–Trinajstić information content (AvgIpc) is 3.24. The molecule has 0 spiro atoms. The van der Waals surface area contributed by atoms with Crippen molar-refractivity contribution < 1.29 is 0 Å². The van der Waals surface area contributed by atoms with Gasteiger partial charge >= 0.3 is 0 Å². The first-order valence-electron chi connectivity index (χ1n) is 8.27. The van der Waals surface area contributed by atoms with E-state index in [-0.39, 0.29) is 6.04 Å². The fraction of sp³-hybridized carbons (Fsp3) is 0.444. The van der Waals surface area contributed by atoms with Crippen molar-refractivity contribution in [3.8, 4) is 10.6 Å². The number of thiazole rings is 1. The molecule has 120 valence electrons. The lowest BCUT2D eigenvalue weighted by Gasteiger charge is -2.09. The Morgan fingerprint density at radius 3 is 2.74 bits per heavy atom. The van der Waals surface area contributed by atoms with Crippen LogP contribution in [0.1, 0.15) is 57.2 Å². The number of para-hydroxylation sites is 1. The van der Waals surface area contributed by atoms with Crippen LogP contribution in [0.15, 0.2) is 23.6 Å². The Morgan fingerprint density at radius 1 is 1.22 bits per heavy atom. The molecule has 1 aromatic carbocycles. The monoisotopic (exact) mass is 345 g/mol.